The van der Waals surface area contributed by atoms with Gasteiger partial charge in [-0.3, -0.25) is 9.59 Å². The van der Waals surface area contributed by atoms with Gasteiger partial charge >= 0.3 is 5.97 Å². The number of carboxylic acid groups (broad SMARTS) is 1. The number of anilines is 1. The van der Waals surface area contributed by atoms with Crippen molar-refractivity contribution in [2.24, 2.45) is 5.92 Å². The number of amides is 1. The van der Waals surface area contributed by atoms with E-state index >= 15 is 0 Å². The van der Waals surface area contributed by atoms with E-state index in [4.69, 9.17) is 0 Å². The van der Waals surface area contributed by atoms with Crippen LogP contribution in [0.3, 0.4) is 0 Å². The van der Waals surface area contributed by atoms with Crippen molar-refractivity contribution in [3.05, 3.63) is 30.1 Å². The summed E-state index contributed by atoms with van der Waals surface area (Å²) in [6.07, 6.45) is 0.768. The van der Waals surface area contributed by atoms with Gasteiger partial charge < -0.3 is 20.4 Å². The number of hydrogen-bond donors (Lipinski definition) is 3. The molecule has 126 valence electrons. The fraction of sp³-hybridized carbons (Fsp3) is 0.500. The Morgan fingerprint density at radius 1 is 1.26 bits per heavy atom. The van der Waals surface area contributed by atoms with Crippen LogP contribution in [0.4, 0.5) is 10.1 Å². The minimum absolute atomic E-state index is 0.147. The average molecular weight is 324 g/mol. The maximum Gasteiger partial charge on any atom is 0.308 e. The first-order valence-electron chi connectivity index (χ1n) is 7.62. The lowest BCUT2D eigenvalue weighted by molar-refractivity contribution is -0.144. The first-order chi connectivity index (χ1) is 10.9. The Morgan fingerprint density at radius 2 is 1.87 bits per heavy atom. The zero-order chi connectivity index (χ0) is 16.8. The number of carbonyl (C=O) groups excluding carboxylic acids is 1. The Balaban J connectivity index is 1.87. The summed E-state index contributed by atoms with van der Waals surface area (Å²) in [6.45, 7) is 1.54. The highest BCUT2D eigenvalue weighted by atomic mass is 19.1. The molecule has 1 saturated heterocycles. The van der Waals surface area contributed by atoms with Crippen molar-refractivity contribution in [3.63, 3.8) is 0 Å². The van der Waals surface area contributed by atoms with Gasteiger partial charge in [0, 0.05) is 31.7 Å². The molecule has 1 aliphatic heterocycles. The van der Waals surface area contributed by atoms with Crippen LogP contribution in [0.2, 0.25) is 0 Å². The highest BCUT2D eigenvalue weighted by Gasteiger charge is 2.26. The van der Waals surface area contributed by atoms with Gasteiger partial charge in [0.15, 0.2) is 0 Å². The largest absolute Gasteiger partial charge is 0.481 e. The third-order valence-corrected chi connectivity index (χ3v) is 3.94. The van der Waals surface area contributed by atoms with Crippen molar-refractivity contribution in [2.75, 3.05) is 25.0 Å². The number of halogens is 1. The molecule has 1 heterocycles. The molecule has 23 heavy (non-hydrogen) atoms. The van der Waals surface area contributed by atoms with E-state index in [9.17, 15) is 24.2 Å². The number of carbonyl (C=O) groups is 2. The summed E-state index contributed by atoms with van der Waals surface area (Å²) in [5.74, 6) is -2.66. The molecular formula is C16H21FN2O4. The zero-order valence-corrected chi connectivity index (χ0v) is 12.7. The Kier molecular flexibility index (Phi) is 6.06. The molecule has 0 bridgehead atoms. The Bertz CT molecular complexity index is 542. The fourth-order valence-electron chi connectivity index (χ4n) is 2.61. The highest BCUT2D eigenvalue weighted by molar-refractivity contribution is 5.93. The van der Waals surface area contributed by atoms with Crippen LogP contribution >= 0.6 is 0 Å². The molecule has 1 aliphatic rings. The number of nitrogens with one attached hydrogen (secondary N) is 1. The second-order valence-corrected chi connectivity index (χ2v) is 5.83. The molecule has 1 aromatic rings. The molecule has 0 aromatic heterocycles. The molecule has 0 radical (unpaired) electrons. The van der Waals surface area contributed by atoms with Crippen molar-refractivity contribution in [1.82, 2.24) is 4.90 Å². The van der Waals surface area contributed by atoms with Crippen LogP contribution in [-0.2, 0) is 9.59 Å². The molecule has 0 aliphatic carbocycles. The number of aliphatic hydroxyl groups excluding tert-OH is 1. The number of likely N-dealkylation sites (tertiary alicyclic amines) is 1. The van der Waals surface area contributed by atoms with Gasteiger partial charge in [-0.15, -0.1) is 0 Å². The van der Waals surface area contributed by atoms with Gasteiger partial charge in [-0.2, -0.15) is 0 Å². The Labute approximate surface area is 133 Å². The zero-order valence-electron chi connectivity index (χ0n) is 12.7. The highest BCUT2D eigenvalue weighted by Crippen LogP contribution is 2.15. The van der Waals surface area contributed by atoms with Crippen molar-refractivity contribution >= 4 is 17.6 Å². The van der Waals surface area contributed by atoms with E-state index < -0.39 is 23.6 Å². The molecule has 2 rings (SSSR count). The predicted octanol–water partition coefficient (Wildman–Crippen LogP) is 1.31. The number of aliphatic carboxylic acids is 1. The number of aliphatic hydroxyl groups is 1. The molecule has 0 saturated carbocycles. The quantitative estimate of drug-likeness (QED) is 0.734. The second kappa shape index (κ2) is 8.03. The van der Waals surface area contributed by atoms with Crippen molar-refractivity contribution in [1.29, 1.82) is 0 Å². The van der Waals surface area contributed by atoms with Crippen LogP contribution in [0.5, 0.6) is 0 Å². The molecule has 1 aromatic carbocycles. The van der Waals surface area contributed by atoms with E-state index in [0.29, 0.717) is 31.6 Å². The molecule has 0 spiro atoms. The van der Waals surface area contributed by atoms with Crippen molar-refractivity contribution in [2.45, 2.75) is 25.4 Å². The average Bonchev–Trinajstić information content (AvgIpc) is 2.51. The van der Waals surface area contributed by atoms with Gasteiger partial charge in [0.2, 0.25) is 5.91 Å². The predicted molar refractivity (Wildman–Crippen MR) is 82.5 cm³/mol. The summed E-state index contributed by atoms with van der Waals surface area (Å²) in [5.41, 5.74) is 0.432. The van der Waals surface area contributed by atoms with E-state index in [1.807, 2.05) is 4.90 Å². The number of carboxylic acids is 1. The number of piperidine rings is 1. The first kappa shape index (κ1) is 17.4. The van der Waals surface area contributed by atoms with Gasteiger partial charge in [-0.1, -0.05) is 0 Å². The van der Waals surface area contributed by atoms with E-state index in [1.54, 1.807) is 0 Å². The lowest BCUT2D eigenvalue weighted by atomic mass is 10.0. The lowest BCUT2D eigenvalue weighted by Gasteiger charge is -2.31. The molecule has 1 unspecified atom stereocenters. The molecule has 3 N–H and O–H groups in total. The number of nitrogens with zero attached hydrogens (tertiary/aromatic N) is 1. The van der Waals surface area contributed by atoms with Crippen molar-refractivity contribution in [3.8, 4) is 0 Å². The molecule has 6 nitrogen and oxygen atoms in total. The lowest BCUT2D eigenvalue weighted by Crippen LogP contribution is -2.41. The Hall–Kier alpha value is -1.99. The number of rotatable bonds is 6. The van der Waals surface area contributed by atoms with E-state index in [0.717, 1.165) is 0 Å². The van der Waals surface area contributed by atoms with Crippen LogP contribution in [-0.4, -0.2) is 52.7 Å². The van der Waals surface area contributed by atoms with E-state index in [-0.39, 0.29) is 19.1 Å². The van der Waals surface area contributed by atoms with Crippen LogP contribution < -0.4 is 5.32 Å². The third kappa shape index (κ3) is 5.61. The number of hydrogen-bond acceptors (Lipinski definition) is 4. The molecule has 7 heteroatoms. The maximum atomic E-state index is 12.8. The summed E-state index contributed by atoms with van der Waals surface area (Å²) in [5, 5.41) is 21.3. The molecule has 1 atom stereocenters. The van der Waals surface area contributed by atoms with E-state index in [2.05, 4.69) is 5.32 Å². The SMILES string of the molecule is O=C(CC(CN1CCC(O)CC1)C(=O)O)Nc1ccc(F)cc1. The topological polar surface area (TPSA) is 89.9 Å². The third-order valence-electron chi connectivity index (χ3n) is 3.94. The van der Waals surface area contributed by atoms with Crippen LogP contribution in [0.1, 0.15) is 19.3 Å². The summed E-state index contributed by atoms with van der Waals surface area (Å²) in [4.78, 5) is 25.3. The van der Waals surface area contributed by atoms with Gasteiger partial charge in [-0.05, 0) is 37.1 Å². The Morgan fingerprint density at radius 3 is 2.43 bits per heavy atom. The summed E-state index contributed by atoms with van der Waals surface area (Å²) < 4.78 is 12.8. The normalized spacial score (nSPS) is 17.7. The summed E-state index contributed by atoms with van der Waals surface area (Å²) in [6, 6.07) is 5.30. The molecule has 1 fully saturated rings. The van der Waals surface area contributed by atoms with Crippen LogP contribution in [0, 0.1) is 11.7 Å². The minimum Gasteiger partial charge on any atom is -0.481 e. The minimum atomic E-state index is -1.02. The van der Waals surface area contributed by atoms with Gasteiger partial charge in [-0.25, -0.2) is 4.39 Å². The first-order valence-corrected chi connectivity index (χ1v) is 7.62. The smallest absolute Gasteiger partial charge is 0.308 e. The number of benzene rings is 1. The molecule has 1 amide bonds. The van der Waals surface area contributed by atoms with Gasteiger partial charge in [0.05, 0.1) is 12.0 Å². The van der Waals surface area contributed by atoms with Crippen LogP contribution in [0.15, 0.2) is 24.3 Å². The van der Waals surface area contributed by atoms with Crippen molar-refractivity contribution < 1.29 is 24.2 Å². The van der Waals surface area contributed by atoms with Crippen LogP contribution in [0.25, 0.3) is 0 Å². The van der Waals surface area contributed by atoms with Gasteiger partial charge in [0.1, 0.15) is 5.82 Å². The monoisotopic (exact) mass is 324 g/mol. The standard InChI is InChI=1S/C16H21FN2O4/c17-12-1-3-13(4-2-12)18-15(21)9-11(16(22)23)10-19-7-5-14(20)6-8-19/h1-4,11,14,20H,5-10H2,(H,18,21)(H,22,23). The molecular weight excluding hydrogens is 303 g/mol. The fourth-order valence-corrected chi connectivity index (χ4v) is 2.61. The maximum absolute atomic E-state index is 12.8. The second-order valence-electron chi connectivity index (χ2n) is 5.83. The summed E-state index contributed by atoms with van der Waals surface area (Å²) in [7, 11) is 0. The van der Waals surface area contributed by atoms with E-state index in [1.165, 1.54) is 24.3 Å². The summed E-state index contributed by atoms with van der Waals surface area (Å²) >= 11 is 0. The van der Waals surface area contributed by atoms with Gasteiger partial charge in [0.25, 0.3) is 0 Å².